The standard InChI is InChI=1S/C18H18ClN3O/c1-3-4-5-13-7-9-16(20-11-13)18-21-17(22-23-18)15-10-14(19)8-6-12(15)2/h6-11H,3-5H2,1-2H3. The third kappa shape index (κ3) is 3.59. The van der Waals surface area contributed by atoms with Crippen LogP contribution in [0.4, 0.5) is 0 Å². The molecule has 0 aliphatic carbocycles. The smallest absolute Gasteiger partial charge is 0.276 e. The maximum absolute atomic E-state index is 6.05. The van der Waals surface area contributed by atoms with Gasteiger partial charge in [-0.2, -0.15) is 4.98 Å². The Bertz CT molecular complexity index is 796. The zero-order chi connectivity index (χ0) is 16.2. The van der Waals surface area contributed by atoms with E-state index in [1.165, 1.54) is 18.4 Å². The largest absolute Gasteiger partial charge is 0.332 e. The summed E-state index contributed by atoms with van der Waals surface area (Å²) in [6, 6.07) is 9.61. The molecule has 0 radical (unpaired) electrons. The molecule has 4 nitrogen and oxygen atoms in total. The number of halogens is 1. The minimum atomic E-state index is 0.418. The van der Waals surface area contributed by atoms with Gasteiger partial charge in [0.2, 0.25) is 5.82 Å². The van der Waals surface area contributed by atoms with Crippen LogP contribution in [0.2, 0.25) is 5.02 Å². The minimum absolute atomic E-state index is 0.418. The highest BCUT2D eigenvalue weighted by Crippen LogP contribution is 2.26. The Balaban J connectivity index is 1.85. The van der Waals surface area contributed by atoms with Gasteiger partial charge in [0, 0.05) is 16.8 Å². The van der Waals surface area contributed by atoms with E-state index < -0.39 is 0 Å². The number of aromatic nitrogens is 3. The SMILES string of the molecule is CCCCc1ccc(-c2nc(-c3cc(Cl)ccc3C)no2)nc1. The van der Waals surface area contributed by atoms with Crippen molar-refractivity contribution in [2.24, 2.45) is 0 Å². The molecule has 0 fully saturated rings. The van der Waals surface area contributed by atoms with Crippen molar-refractivity contribution in [1.29, 1.82) is 0 Å². The van der Waals surface area contributed by atoms with Gasteiger partial charge < -0.3 is 4.52 Å². The number of nitrogens with zero attached hydrogens (tertiary/aromatic N) is 3. The maximum Gasteiger partial charge on any atom is 0.276 e. The third-order valence-corrected chi connectivity index (χ3v) is 3.96. The molecular weight excluding hydrogens is 310 g/mol. The second-order valence-electron chi connectivity index (χ2n) is 5.54. The van der Waals surface area contributed by atoms with Gasteiger partial charge in [0.1, 0.15) is 5.69 Å². The number of pyridine rings is 1. The number of benzene rings is 1. The maximum atomic E-state index is 6.05. The molecule has 1 aromatic carbocycles. The van der Waals surface area contributed by atoms with Gasteiger partial charge >= 0.3 is 0 Å². The second kappa shape index (κ2) is 6.92. The van der Waals surface area contributed by atoms with Crippen LogP contribution in [0, 0.1) is 6.92 Å². The summed E-state index contributed by atoms with van der Waals surface area (Å²) in [6.07, 6.45) is 5.26. The molecule has 2 heterocycles. The minimum Gasteiger partial charge on any atom is -0.332 e. The van der Waals surface area contributed by atoms with Crippen LogP contribution in [-0.2, 0) is 6.42 Å². The summed E-state index contributed by atoms with van der Waals surface area (Å²) in [7, 11) is 0. The molecule has 0 bridgehead atoms. The highest BCUT2D eigenvalue weighted by molar-refractivity contribution is 6.30. The average molecular weight is 328 g/mol. The van der Waals surface area contributed by atoms with Crippen LogP contribution in [-0.4, -0.2) is 15.1 Å². The van der Waals surface area contributed by atoms with Crippen LogP contribution in [0.1, 0.15) is 30.9 Å². The van der Waals surface area contributed by atoms with E-state index in [9.17, 15) is 0 Å². The summed E-state index contributed by atoms with van der Waals surface area (Å²) in [4.78, 5) is 8.87. The average Bonchev–Trinajstić information content (AvgIpc) is 3.05. The Labute approximate surface area is 140 Å². The van der Waals surface area contributed by atoms with E-state index in [1.807, 2.05) is 37.4 Å². The Hall–Kier alpha value is -2.20. The Kier molecular flexibility index (Phi) is 4.72. The van der Waals surface area contributed by atoms with Crippen LogP contribution in [0.15, 0.2) is 41.1 Å². The van der Waals surface area contributed by atoms with Crippen molar-refractivity contribution in [3.05, 3.63) is 52.7 Å². The van der Waals surface area contributed by atoms with E-state index in [0.717, 1.165) is 17.5 Å². The summed E-state index contributed by atoms with van der Waals surface area (Å²) in [5.41, 5.74) is 3.82. The quantitative estimate of drug-likeness (QED) is 0.654. The number of aryl methyl sites for hydroxylation is 2. The van der Waals surface area contributed by atoms with Gasteiger partial charge in [-0.05, 0) is 49.1 Å². The van der Waals surface area contributed by atoms with E-state index in [2.05, 4.69) is 28.1 Å². The van der Waals surface area contributed by atoms with Crippen molar-refractivity contribution in [1.82, 2.24) is 15.1 Å². The van der Waals surface area contributed by atoms with Crippen LogP contribution < -0.4 is 0 Å². The fourth-order valence-electron chi connectivity index (χ4n) is 2.35. The van der Waals surface area contributed by atoms with E-state index in [-0.39, 0.29) is 0 Å². The number of rotatable bonds is 5. The van der Waals surface area contributed by atoms with Crippen LogP contribution in [0.5, 0.6) is 0 Å². The molecule has 3 rings (SSSR count). The molecular formula is C18H18ClN3O. The fourth-order valence-corrected chi connectivity index (χ4v) is 2.52. The van der Waals surface area contributed by atoms with Crippen molar-refractivity contribution in [2.45, 2.75) is 33.1 Å². The third-order valence-electron chi connectivity index (χ3n) is 3.73. The summed E-state index contributed by atoms with van der Waals surface area (Å²) in [6.45, 7) is 4.17. The molecule has 0 saturated heterocycles. The molecule has 0 amide bonds. The Morgan fingerprint density at radius 1 is 1.17 bits per heavy atom. The predicted molar refractivity (Wildman–Crippen MR) is 91.3 cm³/mol. The molecule has 2 aromatic heterocycles. The van der Waals surface area contributed by atoms with Crippen LogP contribution >= 0.6 is 11.6 Å². The molecule has 23 heavy (non-hydrogen) atoms. The van der Waals surface area contributed by atoms with Gasteiger partial charge in [-0.15, -0.1) is 0 Å². The highest BCUT2D eigenvalue weighted by Gasteiger charge is 2.13. The van der Waals surface area contributed by atoms with Crippen LogP contribution in [0.25, 0.3) is 23.0 Å². The van der Waals surface area contributed by atoms with Crippen molar-refractivity contribution >= 4 is 11.6 Å². The molecule has 0 aliphatic heterocycles. The van der Waals surface area contributed by atoms with Gasteiger partial charge in [-0.25, -0.2) is 0 Å². The van der Waals surface area contributed by atoms with Crippen LogP contribution in [0.3, 0.4) is 0 Å². The molecule has 3 aromatic rings. The number of hydrogen-bond donors (Lipinski definition) is 0. The van der Waals surface area contributed by atoms with Gasteiger partial charge in [-0.3, -0.25) is 4.98 Å². The Morgan fingerprint density at radius 2 is 2.04 bits per heavy atom. The first-order valence-corrected chi connectivity index (χ1v) is 8.10. The zero-order valence-electron chi connectivity index (χ0n) is 13.2. The molecule has 5 heteroatoms. The first-order chi connectivity index (χ1) is 11.2. The number of unbranched alkanes of at least 4 members (excludes halogenated alkanes) is 1. The lowest BCUT2D eigenvalue weighted by atomic mass is 10.1. The van der Waals surface area contributed by atoms with Crippen molar-refractivity contribution in [2.75, 3.05) is 0 Å². The summed E-state index contributed by atoms with van der Waals surface area (Å²) in [5.74, 6) is 0.943. The molecule has 0 atom stereocenters. The molecule has 0 aliphatic rings. The van der Waals surface area contributed by atoms with Crippen molar-refractivity contribution in [3.63, 3.8) is 0 Å². The Morgan fingerprint density at radius 3 is 2.78 bits per heavy atom. The molecule has 0 saturated carbocycles. The van der Waals surface area contributed by atoms with E-state index >= 15 is 0 Å². The van der Waals surface area contributed by atoms with E-state index in [4.69, 9.17) is 16.1 Å². The van der Waals surface area contributed by atoms with Crippen molar-refractivity contribution < 1.29 is 4.52 Å². The summed E-state index contributed by atoms with van der Waals surface area (Å²) < 4.78 is 5.35. The zero-order valence-corrected chi connectivity index (χ0v) is 14.0. The van der Waals surface area contributed by atoms with Crippen molar-refractivity contribution in [3.8, 4) is 23.0 Å². The van der Waals surface area contributed by atoms with Gasteiger partial charge in [-0.1, -0.05) is 42.2 Å². The lowest BCUT2D eigenvalue weighted by molar-refractivity contribution is 0.431. The van der Waals surface area contributed by atoms with E-state index in [0.29, 0.717) is 22.4 Å². The molecule has 118 valence electrons. The van der Waals surface area contributed by atoms with E-state index in [1.54, 1.807) is 0 Å². The first kappa shape index (κ1) is 15.7. The molecule has 0 spiro atoms. The van der Waals surface area contributed by atoms with Gasteiger partial charge in [0.05, 0.1) is 0 Å². The second-order valence-corrected chi connectivity index (χ2v) is 5.97. The first-order valence-electron chi connectivity index (χ1n) is 7.73. The predicted octanol–water partition coefficient (Wildman–Crippen LogP) is 5.10. The molecule has 0 unspecified atom stereocenters. The lowest BCUT2D eigenvalue weighted by Gasteiger charge is -2.01. The van der Waals surface area contributed by atoms with Gasteiger partial charge in [0.25, 0.3) is 5.89 Å². The monoisotopic (exact) mass is 327 g/mol. The normalized spacial score (nSPS) is 10.9. The summed E-state index contributed by atoms with van der Waals surface area (Å²) >= 11 is 6.05. The van der Waals surface area contributed by atoms with Gasteiger partial charge in [0.15, 0.2) is 0 Å². The lowest BCUT2D eigenvalue weighted by Crippen LogP contribution is -1.89. The topological polar surface area (TPSA) is 51.8 Å². The fraction of sp³-hybridized carbons (Fsp3) is 0.278. The highest BCUT2D eigenvalue weighted by atomic mass is 35.5. The molecule has 0 N–H and O–H groups in total. The number of hydrogen-bond acceptors (Lipinski definition) is 4. The summed E-state index contributed by atoms with van der Waals surface area (Å²) in [5, 5.41) is 4.70.